The largest absolute Gasteiger partial charge is 0.305 e. The van der Waals surface area contributed by atoms with Gasteiger partial charge in [0.05, 0.1) is 5.02 Å². The van der Waals surface area contributed by atoms with Crippen LogP contribution in [0.5, 0.6) is 0 Å². The SMILES string of the molecule is Cn1c(SCCCCl)nnc1-c1ccccc1Cl. The van der Waals surface area contributed by atoms with Crippen LogP contribution in [-0.4, -0.2) is 26.4 Å². The average Bonchev–Trinajstić information content (AvgIpc) is 2.72. The maximum atomic E-state index is 6.16. The number of hydrogen-bond donors (Lipinski definition) is 0. The number of halogens is 2. The van der Waals surface area contributed by atoms with Gasteiger partial charge in [-0.3, -0.25) is 0 Å². The minimum atomic E-state index is 0.669. The lowest BCUT2D eigenvalue weighted by Crippen LogP contribution is -1.96. The molecule has 0 saturated heterocycles. The molecule has 6 heteroatoms. The summed E-state index contributed by atoms with van der Waals surface area (Å²) in [4.78, 5) is 0. The van der Waals surface area contributed by atoms with E-state index in [1.807, 2.05) is 35.9 Å². The van der Waals surface area contributed by atoms with Gasteiger partial charge in [-0.1, -0.05) is 35.5 Å². The second-order valence-corrected chi connectivity index (χ2v) is 5.58. The van der Waals surface area contributed by atoms with E-state index in [4.69, 9.17) is 23.2 Å². The third-order valence-corrected chi connectivity index (χ3v) is 4.16. The van der Waals surface area contributed by atoms with E-state index < -0.39 is 0 Å². The molecule has 1 aromatic heterocycles. The lowest BCUT2D eigenvalue weighted by molar-refractivity contribution is 0.793. The van der Waals surface area contributed by atoms with Crippen LogP contribution in [0.3, 0.4) is 0 Å². The van der Waals surface area contributed by atoms with Crippen molar-refractivity contribution in [1.82, 2.24) is 14.8 Å². The van der Waals surface area contributed by atoms with Crippen molar-refractivity contribution >= 4 is 35.0 Å². The number of nitrogens with zero attached hydrogens (tertiary/aromatic N) is 3. The van der Waals surface area contributed by atoms with Crippen LogP contribution in [0.4, 0.5) is 0 Å². The number of benzene rings is 1. The molecule has 0 unspecified atom stereocenters. The topological polar surface area (TPSA) is 30.7 Å². The van der Waals surface area contributed by atoms with E-state index >= 15 is 0 Å². The van der Waals surface area contributed by atoms with Crippen molar-refractivity contribution in [3.05, 3.63) is 29.3 Å². The summed E-state index contributed by atoms with van der Waals surface area (Å²) in [6.45, 7) is 0. The number of rotatable bonds is 5. The van der Waals surface area contributed by atoms with Crippen molar-refractivity contribution < 1.29 is 0 Å². The maximum Gasteiger partial charge on any atom is 0.191 e. The first-order valence-corrected chi connectivity index (χ1v) is 7.47. The van der Waals surface area contributed by atoms with Crippen molar-refractivity contribution in [2.24, 2.45) is 7.05 Å². The zero-order valence-electron chi connectivity index (χ0n) is 9.94. The summed E-state index contributed by atoms with van der Waals surface area (Å²) in [5.74, 6) is 2.40. The highest BCUT2D eigenvalue weighted by Gasteiger charge is 2.13. The Morgan fingerprint density at radius 1 is 1.28 bits per heavy atom. The van der Waals surface area contributed by atoms with E-state index in [-0.39, 0.29) is 0 Å². The van der Waals surface area contributed by atoms with Gasteiger partial charge >= 0.3 is 0 Å². The molecule has 0 bridgehead atoms. The molecule has 0 aliphatic carbocycles. The van der Waals surface area contributed by atoms with Crippen LogP contribution >= 0.6 is 35.0 Å². The smallest absolute Gasteiger partial charge is 0.191 e. The predicted molar refractivity (Wildman–Crippen MR) is 77.5 cm³/mol. The summed E-state index contributed by atoms with van der Waals surface area (Å²) in [7, 11) is 1.95. The molecule has 1 aromatic carbocycles. The van der Waals surface area contributed by atoms with Crippen LogP contribution in [0.1, 0.15) is 6.42 Å². The first kappa shape index (κ1) is 13.7. The lowest BCUT2D eigenvalue weighted by atomic mass is 10.2. The van der Waals surface area contributed by atoms with Gasteiger partial charge in [-0.15, -0.1) is 21.8 Å². The molecule has 0 aliphatic rings. The van der Waals surface area contributed by atoms with Crippen LogP contribution in [-0.2, 0) is 7.05 Å². The molecular formula is C12H13Cl2N3S. The van der Waals surface area contributed by atoms with Crippen LogP contribution in [0.2, 0.25) is 5.02 Å². The molecule has 0 saturated carbocycles. The highest BCUT2D eigenvalue weighted by molar-refractivity contribution is 7.99. The molecule has 18 heavy (non-hydrogen) atoms. The summed E-state index contributed by atoms with van der Waals surface area (Å²) in [6, 6.07) is 7.64. The Bertz CT molecular complexity index is 528. The fourth-order valence-corrected chi connectivity index (χ4v) is 2.90. The van der Waals surface area contributed by atoms with E-state index in [0.717, 1.165) is 28.7 Å². The number of hydrogen-bond acceptors (Lipinski definition) is 3. The summed E-state index contributed by atoms with van der Waals surface area (Å²) in [5.41, 5.74) is 0.901. The van der Waals surface area contributed by atoms with E-state index in [1.54, 1.807) is 11.8 Å². The molecule has 0 atom stereocenters. The van der Waals surface area contributed by atoms with Crippen LogP contribution in [0.25, 0.3) is 11.4 Å². The standard InChI is InChI=1S/C12H13Cl2N3S/c1-17-11(9-5-2-3-6-10(9)14)15-16-12(17)18-8-4-7-13/h2-3,5-6H,4,7-8H2,1H3. The van der Waals surface area contributed by atoms with Crippen molar-refractivity contribution in [1.29, 1.82) is 0 Å². The normalized spacial score (nSPS) is 10.8. The Labute approximate surface area is 121 Å². The minimum Gasteiger partial charge on any atom is -0.305 e. The number of aromatic nitrogens is 3. The maximum absolute atomic E-state index is 6.16. The van der Waals surface area contributed by atoms with Gasteiger partial charge in [0.15, 0.2) is 11.0 Å². The van der Waals surface area contributed by atoms with Crippen LogP contribution in [0.15, 0.2) is 29.4 Å². The second kappa shape index (κ2) is 6.45. The first-order chi connectivity index (χ1) is 8.74. The first-order valence-electron chi connectivity index (χ1n) is 5.57. The molecule has 0 N–H and O–H groups in total. The van der Waals surface area contributed by atoms with Gasteiger partial charge in [0, 0.05) is 24.2 Å². The Kier molecular flexibility index (Phi) is 4.92. The van der Waals surface area contributed by atoms with E-state index in [9.17, 15) is 0 Å². The lowest BCUT2D eigenvalue weighted by Gasteiger charge is -2.04. The van der Waals surface area contributed by atoms with Crippen LogP contribution in [0, 0.1) is 0 Å². The second-order valence-electron chi connectivity index (χ2n) is 3.74. The summed E-state index contributed by atoms with van der Waals surface area (Å²) in [6.07, 6.45) is 0.959. The van der Waals surface area contributed by atoms with Crippen LogP contribution < -0.4 is 0 Å². The fraction of sp³-hybridized carbons (Fsp3) is 0.333. The van der Waals surface area contributed by atoms with Gasteiger partial charge in [0.1, 0.15) is 0 Å². The van der Waals surface area contributed by atoms with Crippen molar-refractivity contribution in [2.45, 2.75) is 11.6 Å². The van der Waals surface area contributed by atoms with Gasteiger partial charge in [0.2, 0.25) is 0 Å². The van der Waals surface area contributed by atoms with Gasteiger partial charge in [-0.05, 0) is 18.6 Å². The van der Waals surface area contributed by atoms with Gasteiger partial charge < -0.3 is 4.57 Å². The molecule has 2 aromatic rings. The molecule has 2 rings (SSSR count). The Morgan fingerprint density at radius 3 is 2.78 bits per heavy atom. The van der Waals surface area contributed by atoms with E-state index in [1.165, 1.54) is 0 Å². The van der Waals surface area contributed by atoms with E-state index in [2.05, 4.69) is 10.2 Å². The fourth-order valence-electron chi connectivity index (χ4n) is 1.54. The molecule has 1 heterocycles. The summed E-state index contributed by atoms with van der Waals surface area (Å²) < 4.78 is 1.96. The monoisotopic (exact) mass is 301 g/mol. The molecular weight excluding hydrogens is 289 g/mol. The molecule has 3 nitrogen and oxygen atoms in total. The molecule has 96 valence electrons. The summed E-state index contributed by atoms with van der Waals surface area (Å²) in [5, 5.41) is 9.95. The Balaban J connectivity index is 2.23. The quantitative estimate of drug-likeness (QED) is 0.477. The highest BCUT2D eigenvalue weighted by Crippen LogP contribution is 2.28. The molecule has 0 spiro atoms. The van der Waals surface area contributed by atoms with Gasteiger partial charge in [-0.25, -0.2) is 0 Å². The molecule has 0 radical (unpaired) electrons. The van der Waals surface area contributed by atoms with E-state index in [0.29, 0.717) is 10.9 Å². The molecule has 0 fully saturated rings. The van der Waals surface area contributed by atoms with Gasteiger partial charge in [0.25, 0.3) is 0 Å². The number of alkyl halides is 1. The third-order valence-electron chi connectivity index (χ3n) is 2.46. The molecule has 0 aliphatic heterocycles. The zero-order chi connectivity index (χ0) is 13.0. The minimum absolute atomic E-state index is 0.669. The zero-order valence-corrected chi connectivity index (χ0v) is 12.3. The van der Waals surface area contributed by atoms with Gasteiger partial charge in [-0.2, -0.15) is 0 Å². The van der Waals surface area contributed by atoms with Crippen molar-refractivity contribution in [3.63, 3.8) is 0 Å². The average molecular weight is 302 g/mol. The third kappa shape index (κ3) is 2.99. The Hall–Kier alpha value is -0.710. The van der Waals surface area contributed by atoms with Crippen molar-refractivity contribution in [3.8, 4) is 11.4 Å². The Morgan fingerprint density at radius 2 is 2.06 bits per heavy atom. The predicted octanol–water partition coefficient (Wildman–Crippen LogP) is 3.86. The number of thioether (sulfide) groups is 1. The molecule has 0 amide bonds. The summed E-state index contributed by atoms with van der Waals surface area (Å²) >= 11 is 13.5. The highest BCUT2D eigenvalue weighted by atomic mass is 35.5. The van der Waals surface area contributed by atoms with Crippen molar-refractivity contribution in [2.75, 3.05) is 11.6 Å².